The predicted molar refractivity (Wildman–Crippen MR) is 212 cm³/mol. The minimum atomic E-state index is 0.587. The molecule has 0 saturated carbocycles. The van der Waals surface area contributed by atoms with E-state index in [0.29, 0.717) is 11.8 Å². The fourth-order valence-electron chi connectivity index (χ4n) is 7.56. The molecule has 8 aromatic carbocycles. The maximum absolute atomic E-state index is 6.56. The third kappa shape index (κ3) is 4.91. The molecule has 0 aliphatic heterocycles. The average Bonchev–Trinajstić information content (AvgIpc) is 3.90. The standard InChI is InChI=1S/C48H32N2O2/c1-29-13-17-31(18-14-29)39-25-41(47-49-27-43(51-47)33-9-5-3-6-10-33)37-24-22-36-40(32-19-15-30(2)16-20-32)26-42(38-23-21-35(39)45(37)46(36)38)48-50-28-44(52-48)34-11-7-4-8-12-34/h3-28H,1-2H3. The molecule has 0 bridgehead atoms. The molecule has 52 heavy (non-hydrogen) atoms. The summed E-state index contributed by atoms with van der Waals surface area (Å²) in [7, 11) is 0. The molecule has 0 atom stereocenters. The zero-order valence-corrected chi connectivity index (χ0v) is 28.7. The van der Waals surface area contributed by atoms with Gasteiger partial charge in [0.1, 0.15) is 0 Å². The molecule has 0 spiro atoms. The average molecular weight is 669 g/mol. The third-order valence-electron chi connectivity index (χ3n) is 10.2. The molecule has 4 nitrogen and oxygen atoms in total. The van der Waals surface area contributed by atoms with Crippen LogP contribution in [0.1, 0.15) is 11.1 Å². The number of oxazole rings is 2. The molecule has 0 amide bonds. The second-order valence-electron chi connectivity index (χ2n) is 13.5. The van der Waals surface area contributed by atoms with Gasteiger partial charge in [0.05, 0.1) is 12.4 Å². The first-order valence-electron chi connectivity index (χ1n) is 17.5. The van der Waals surface area contributed by atoms with Crippen LogP contribution in [0.25, 0.3) is 100 Å². The minimum Gasteiger partial charge on any atom is -0.436 e. The highest BCUT2D eigenvalue weighted by molar-refractivity contribution is 6.31. The first-order valence-corrected chi connectivity index (χ1v) is 17.5. The molecule has 10 rings (SSSR count). The summed E-state index contributed by atoms with van der Waals surface area (Å²) in [6, 6.07) is 51.3. The quantitative estimate of drug-likeness (QED) is 0.166. The van der Waals surface area contributed by atoms with Gasteiger partial charge in [-0.1, -0.05) is 145 Å². The van der Waals surface area contributed by atoms with Crippen molar-refractivity contribution in [3.8, 4) is 67.8 Å². The van der Waals surface area contributed by atoms with Crippen LogP contribution in [0.15, 0.2) is 167 Å². The van der Waals surface area contributed by atoms with Crippen molar-refractivity contribution in [2.24, 2.45) is 0 Å². The van der Waals surface area contributed by atoms with Crippen molar-refractivity contribution in [2.45, 2.75) is 13.8 Å². The number of aryl methyl sites for hydroxylation is 2. The van der Waals surface area contributed by atoms with Crippen LogP contribution in [0.2, 0.25) is 0 Å². The van der Waals surface area contributed by atoms with Gasteiger partial charge in [0.25, 0.3) is 0 Å². The van der Waals surface area contributed by atoms with E-state index in [9.17, 15) is 0 Å². The van der Waals surface area contributed by atoms with Crippen LogP contribution in [0.4, 0.5) is 0 Å². The molecule has 0 N–H and O–H groups in total. The number of rotatable bonds is 6. The van der Waals surface area contributed by atoms with Crippen molar-refractivity contribution in [2.75, 3.05) is 0 Å². The normalized spacial score (nSPS) is 11.7. The maximum atomic E-state index is 6.56. The summed E-state index contributed by atoms with van der Waals surface area (Å²) in [6.07, 6.45) is 3.66. The Morgan fingerprint density at radius 3 is 1.12 bits per heavy atom. The molecule has 0 aliphatic rings. The molecule has 10 aromatic rings. The summed E-state index contributed by atoms with van der Waals surface area (Å²) in [5, 5.41) is 6.81. The molecule has 0 saturated heterocycles. The summed E-state index contributed by atoms with van der Waals surface area (Å²) >= 11 is 0. The molecule has 4 heteroatoms. The van der Waals surface area contributed by atoms with Crippen LogP contribution in [0, 0.1) is 13.8 Å². The third-order valence-corrected chi connectivity index (χ3v) is 10.2. The number of hydrogen-bond acceptors (Lipinski definition) is 4. The first-order chi connectivity index (χ1) is 25.6. The van der Waals surface area contributed by atoms with Crippen molar-refractivity contribution in [3.05, 3.63) is 169 Å². The summed E-state index contributed by atoms with van der Waals surface area (Å²) in [6.45, 7) is 4.24. The highest BCUT2D eigenvalue weighted by atomic mass is 16.4. The molecule has 0 unspecified atom stereocenters. The minimum absolute atomic E-state index is 0.587. The van der Waals surface area contributed by atoms with Crippen molar-refractivity contribution >= 4 is 32.3 Å². The van der Waals surface area contributed by atoms with E-state index in [4.69, 9.17) is 18.8 Å². The van der Waals surface area contributed by atoms with Gasteiger partial charge in [-0.25, -0.2) is 9.97 Å². The van der Waals surface area contributed by atoms with Gasteiger partial charge in [-0.3, -0.25) is 0 Å². The monoisotopic (exact) mass is 668 g/mol. The highest BCUT2D eigenvalue weighted by Crippen LogP contribution is 2.48. The van der Waals surface area contributed by atoms with E-state index in [1.165, 1.54) is 21.9 Å². The Balaban J connectivity index is 1.30. The molecule has 246 valence electrons. The van der Waals surface area contributed by atoms with Crippen LogP contribution < -0.4 is 0 Å². The Bertz CT molecular complexity index is 2680. The van der Waals surface area contributed by atoms with Gasteiger partial charge in [0.2, 0.25) is 11.8 Å². The first kappa shape index (κ1) is 30.1. The molecule has 2 heterocycles. The highest BCUT2D eigenvalue weighted by Gasteiger charge is 2.24. The topological polar surface area (TPSA) is 52.1 Å². The lowest BCUT2D eigenvalue weighted by molar-refractivity contribution is 0.589. The summed E-state index contributed by atoms with van der Waals surface area (Å²) < 4.78 is 13.1. The Kier molecular flexibility index (Phi) is 6.90. The molecular weight excluding hydrogens is 637 g/mol. The van der Waals surface area contributed by atoms with Gasteiger partial charge in [-0.2, -0.15) is 0 Å². The zero-order valence-electron chi connectivity index (χ0n) is 28.7. The summed E-state index contributed by atoms with van der Waals surface area (Å²) in [5.41, 5.74) is 10.8. The van der Waals surface area contributed by atoms with Crippen LogP contribution in [0.5, 0.6) is 0 Å². The molecular formula is C48H32N2O2. The van der Waals surface area contributed by atoms with E-state index in [1.54, 1.807) is 0 Å². The summed E-state index contributed by atoms with van der Waals surface area (Å²) in [5.74, 6) is 2.65. The van der Waals surface area contributed by atoms with Gasteiger partial charge in [-0.15, -0.1) is 0 Å². The number of benzene rings is 8. The van der Waals surface area contributed by atoms with Gasteiger partial charge in [0, 0.05) is 22.3 Å². The Labute approximate surface area is 301 Å². The second-order valence-corrected chi connectivity index (χ2v) is 13.5. The maximum Gasteiger partial charge on any atom is 0.227 e. The fourth-order valence-corrected chi connectivity index (χ4v) is 7.56. The van der Waals surface area contributed by atoms with Gasteiger partial charge < -0.3 is 8.83 Å². The van der Waals surface area contributed by atoms with Crippen molar-refractivity contribution < 1.29 is 8.83 Å². The lowest BCUT2D eigenvalue weighted by Crippen LogP contribution is -1.94. The van der Waals surface area contributed by atoms with E-state index in [1.807, 2.05) is 73.1 Å². The van der Waals surface area contributed by atoms with Gasteiger partial charge in [-0.05, 0) is 80.6 Å². The van der Waals surface area contributed by atoms with E-state index >= 15 is 0 Å². The van der Waals surface area contributed by atoms with Crippen molar-refractivity contribution in [1.29, 1.82) is 0 Å². The Morgan fingerprint density at radius 1 is 0.365 bits per heavy atom. The van der Waals surface area contributed by atoms with E-state index in [-0.39, 0.29) is 0 Å². The van der Waals surface area contributed by atoms with Gasteiger partial charge in [0.15, 0.2) is 11.5 Å². The molecule has 0 radical (unpaired) electrons. The largest absolute Gasteiger partial charge is 0.436 e. The molecule has 0 aliphatic carbocycles. The number of nitrogens with zero attached hydrogens (tertiary/aromatic N) is 2. The second kappa shape index (κ2) is 11.9. The van der Waals surface area contributed by atoms with Crippen LogP contribution in [0.3, 0.4) is 0 Å². The smallest absolute Gasteiger partial charge is 0.227 e. The predicted octanol–water partition coefficient (Wildman–Crippen LogP) is 13.2. The Hall–Kier alpha value is -6.78. The Morgan fingerprint density at radius 2 is 0.731 bits per heavy atom. The lowest BCUT2D eigenvalue weighted by Gasteiger charge is -2.20. The van der Waals surface area contributed by atoms with Crippen LogP contribution in [-0.4, -0.2) is 9.97 Å². The van der Waals surface area contributed by atoms with Crippen molar-refractivity contribution in [3.63, 3.8) is 0 Å². The van der Waals surface area contributed by atoms with E-state index in [0.717, 1.165) is 77.6 Å². The van der Waals surface area contributed by atoms with Crippen LogP contribution >= 0.6 is 0 Å². The molecule has 0 fully saturated rings. The fraction of sp³-hybridized carbons (Fsp3) is 0.0417. The van der Waals surface area contributed by atoms with Gasteiger partial charge >= 0.3 is 0 Å². The van der Waals surface area contributed by atoms with Crippen LogP contribution in [-0.2, 0) is 0 Å². The summed E-state index contributed by atoms with van der Waals surface area (Å²) in [4.78, 5) is 9.74. The van der Waals surface area contributed by atoms with Crippen molar-refractivity contribution in [1.82, 2.24) is 9.97 Å². The van der Waals surface area contributed by atoms with E-state index in [2.05, 4.69) is 98.8 Å². The molecule has 2 aromatic heterocycles. The zero-order chi connectivity index (χ0) is 34.8. The van der Waals surface area contributed by atoms with E-state index < -0.39 is 0 Å². The number of aromatic nitrogens is 2. The number of hydrogen-bond donors (Lipinski definition) is 0. The lowest BCUT2D eigenvalue weighted by atomic mass is 9.83. The SMILES string of the molecule is Cc1ccc(-c2cc(-c3ncc(-c4ccccc4)o3)c3ccc4c(-c5ccc(C)cc5)cc(-c5ncc(-c6ccccc6)o5)c5ccc2c3c45)cc1.